The Balaban J connectivity index is 2.24. The minimum absolute atomic E-state index is 0.175. The molecule has 118 valence electrons. The Morgan fingerprint density at radius 3 is 2.64 bits per heavy atom. The van der Waals surface area contributed by atoms with Gasteiger partial charge in [-0.1, -0.05) is 18.2 Å². The van der Waals surface area contributed by atoms with Gasteiger partial charge in [-0.05, 0) is 6.07 Å². The number of ether oxygens (including phenoxy) is 1. The van der Waals surface area contributed by atoms with Crippen molar-refractivity contribution in [2.24, 2.45) is 0 Å². The summed E-state index contributed by atoms with van der Waals surface area (Å²) < 4.78 is 4.87. The van der Waals surface area contributed by atoms with Crippen LogP contribution in [0.1, 0.15) is 5.56 Å². The molecule has 22 heavy (non-hydrogen) atoms. The molecule has 4 atom stereocenters. The number of benzene rings is 1. The first kappa shape index (κ1) is 14.9. The first-order valence-corrected chi connectivity index (χ1v) is 6.57. The summed E-state index contributed by atoms with van der Waals surface area (Å²) in [6.07, 6.45) is -2.28. The van der Waals surface area contributed by atoms with Gasteiger partial charge in [0.1, 0.15) is 12.2 Å². The maximum Gasteiger partial charge on any atom is 0.346 e. The zero-order chi connectivity index (χ0) is 16.1. The van der Waals surface area contributed by atoms with Crippen LogP contribution in [0.4, 0.5) is 0 Å². The van der Waals surface area contributed by atoms with Crippen LogP contribution >= 0.6 is 0 Å². The molecule has 0 aliphatic carbocycles. The molecule has 1 aromatic carbocycles. The molecular formula is C14H15NO7. The molecule has 2 aromatic rings. The van der Waals surface area contributed by atoms with E-state index in [1.165, 1.54) is 6.20 Å². The number of aliphatic carboxylic acids is 1. The van der Waals surface area contributed by atoms with Crippen LogP contribution in [0.2, 0.25) is 0 Å². The Hall–Kier alpha value is -1.97. The van der Waals surface area contributed by atoms with Crippen molar-refractivity contribution >= 4 is 16.9 Å². The van der Waals surface area contributed by atoms with Gasteiger partial charge in [0, 0.05) is 22.7 Å². The van der Waals surface area contributed by atoms with E-state index in [-0.39, 0.29) is 5.56 Å². The number of aromatic amines is 1. The zero-order valence-corrected chi connectivity index (χ0v) is 11.3. The van der Waals surface area contributed by atoms with E-state index in [0.717, 1.165) is 0 Å². The topological polar surface area (TPSA) is 143 Å². The molecule has 2 heterocycles. The minimum atomic E-state index is -2.97. The number of aromatic nitrogens is 1. The van der Waals surface area contributed by atoms with E-state index in [9.17, 15) is 30.3 Å². The quantitative estimate of drug-likeness (QED) is 0.421. The number of hydrogen-bond donors (Lipinski definition) is 6. The number of nitrogens with one attached hydrogen (secondary N) is 1. The van der Waals surface area contributed by atoms with Gasteiger partial charge in [-0.25, -0.2) is 4.79 Å². The summed E-state index contributed by atoms with van der Waals surface area (Å²) >= 11 is 0. The number of carboxylic acids is 1. The molecule has 8 nitrogen and oxygen atoms in total. The van der Waals surface area contributed by atoms with Crippen molar-refractivity contribution in [2.75, 3.05) is 6.61 Å². The van der Waals surface area contributed by atoms with Gasteiger partial charge in [0.2, 0.25) is 11.4 Å². The average Bonchev–Trinajstić information content (AvgIpc) is 3.04. The molecule has 1 fully saturated rings. The lowest BCUT2D eigenvalue weighted by molar-refractivity contribution is -0.307. The first-order chi connectivity index (χ1) is 10.3. The second-order valence-corrected chi connectivity index (χ2v) is 5.28. The summed E-state index contributed by atoms with van der Waals surface area (Å²) in [5, 5.41) is 50.5. The van der Waals surface area contributed by atoms with Crippen molar-refractivity contribution in [3.63, 3.8) is 0 Å². The van der Waals surface area contributed by atoms with Gasteiger partial charge >= 0.3 is 5.97 Å². The summed E-state index contributed by atoms with van der Waals surface area (Å²) in [7, 11) is 0. The fourth-order valence-electron chi connectivity index (χ4n) is 2.80. The number of aliphatic hydroxyl groups is 4. The predicted octanol–water partition coefficient (Wildman–Crippen LogP) is -1.12. The van der Waals surface area contributed by atoms with Gasteiger partial charge in [0.25, 0.3) is 0 Å². The second-order valence-electron chi connectivity index (χ2n) is 5.28. The van der Waals surface area contributed by atoms with E-state index < -0.39 is 36.2 Å². The molecule has 3 rings (SSSR count). The maximum atomic E-state index is 11.7. The third-order valence-electron chi connectivity index (χ3n) is 4.05. The van der Waals surface area contributed by atoms with Crippen molar-refractivity contribution in [1.29, 1.82) is 0 Å². The maximum absolute atomic E-state index is 11.7. The molecule has 0 spiro atoms. The van der Waals surface area contributed by atoms with Crippen LogP contribution in [0, 0.1) is 0 Å². The Labute approximate surface area is 124 Å². The van der Waals surface area contributed by atoms with E-state index in [4.69, 9.17) is 4.74 Å². The molecule has 1 aliphatic rings. The highest BCUT2D eigenvalue weighted by atomic mass is 16.7. The van der Waals surface area contributed by atoms with Crippen LogP contribution in [0.15, 0.2) is 30.5 Å². The van der Waals surface area contributed by atoms with Gasteiger partial charge < -0.3 is 35.3 Å². The van der Waals surface area contributed by atoms with Crippen molar-refractivity contribution < 1.29 is 35.1 Å². The summed E-state index contributed by atoms with van der Waals surface area (Å²) in [5.41, 5.74) is -2.61. The number of H-pyrrole nitrogens is 1. The zero-order valence-electron chi connectivity index (χ0n) is 11.3. The smallest absolute Gasteiger partial charge is 0.346 e. The van der Waals surface area contributed by atoms with E-state index in [0.29, 0.717) is 10.9 Å². The Kier molecular flexibility index (Phi) is 3.24. The van der Waals surface area contributed by atoms with E-state index in [1.54, 1.807) is 24.3 Å². The van der Waals surface area contributed by atoms with Crippen molar-refractivity contribution in [1.82, 2.24) is 4.98 Å². The van der Waals surface area contributed by atoms with Crippen LogP contribution < -0.4 is 0 Å². The number of carboxylic acid groups (broad SMARTS) is 1. The number of aliphatic hydroxyl groups excluding tert-OH is 2. The van der Waals surface area contributed by atoms with Crippen molar-refractivity contribution in [3.05, 3.63) is 36.0 Å². The fraction of sp³-hybridized carbons (Fsp3) is 0.357. The summed E-state index contributed by atoms with van der Waals surface area (Å²) in [6.45, 7) is -0.504. The molecule has 0 unspecified atom stereocenters. The van der Waals surface area contributed by atoms with Gasteiger partial charge in [-0.15, -0.1) is 0 Å². The highest BCUT2D eigenvalue weighted by Crippen LogP contribution is 2.43. The van der Waals surface area contributed by atoms with Gasteiger partial charge in [0.15, 0.2) is 0 Å². The molecule has 0 bridgehead atoms. The lowest BCUT2D eigenvalue weighted by atomic mass is 9.81. The molecule has 1 aromatic heterocycles. The Morgan fingerprint density at radius 1 is 1.36 bits per heavy atom. The van der Waals surface area contributed by atoms with Crippen LogP contribution in [-0.4, -0.2) is 61.1 Å². The predicted molar refractivity (Wildman–Crippen MR) is 72.7 cm³/mol. The van der Waals surface area contributed by atoms with Gasteiger partial charge in [0.05, 0.1) is 6.61 Å². The van der Waals surface area contributed by atoms with E-state index >= 15 is 0 Å². The van der Waals surface area contributed by atoms with Crippen LogP contribution in [0.25, 0.3) is 10.9 Å². The number of fused-ring (bicyclic) bond motifs is 1. The third-order valence-corrected chi connectivity index (χ3v) is 4.05. The van der Waals surface area contributed by atoms with Gasteiger partial charge in [-0.2, -0.15) is 0 Å². The number of hydrogen-bond acceptors (Lipinski definition) is 6. The molecule has 8 heteroatoms. The normalized spacial score (nSPS) is 31.3. The van der Waals surface area contributed by atoms with Crippen LogP contribution in [0.5, 0.6) is 0 Å². The molecular weight excluding hydrogens is 294 g/mol. The monoisotopic (exact) mass is 309 g/mol. The van der Waals surface area contributed by atoms with Crippen molar-refractivity contribution in [2.45, 2.75) is 23.6 Å². The standard InChI is InChI=1S/C14H15NO7/c16-10-6-22-14(21,11(10)17)13(20,12(18)19)8-5-15-9-4-2-1-3-7(8)9/h1-5,10-11,15-17,20-21H,6H2,(H,18,19)/t10-,11+,13+,14+/m0/s1. The van der Waals surface area contributed by atoms with Crippen LogP contribution in [0.3, 0.4) is 0 Å². The van der Waals surface area contributed by atoms with Crippen molar-refractivity contribution in [3.8, 4) is 0 Å². The minimum Gasteiger partial charge on any atom is -0.479 e. The summed E-state index contributed by atoms with van der Waals surface area (Å²) in [4.78, 5) is 14.5. The summed E-state index contributed by atoms with van der Waals surface area (Å²) in [6, 6.07) is 6.55. The van der Waals surface area contributed by atoms with Crippen LogP contribution in [-0.2, 0) is 15.1 Å². The Bertz CT molecular complexity index is 729. The average molecular weight is 309 g/mol. The molecule has 0 amide bonds. The molecule has 1 saturated heterocycles. The van der Waals surface area contributed by atoms with Gasteiger partial charge in [-0.3, -0.25) is 0 Å². The highest BCUT2D eigenvalue weighted by molar-refractivity contribution is 5.91. The molecule has 0 saturated carbocycles. The number of carbonyl (C=O) groups is 1. The first-order valence-electron chi connectivity index (χ1n) is 6.57. The summed E-state index contributed by atoms with van der Waals surface area (Å²) in [5.74, 6) is -4.70. The molecule has 0 radical (unpaired) electrons. The van der Waals surface area contributed by atoms with E-state index in [1.807, 2.05) is 0 Å². The molecule has 6 N–H and O–H groups in total. The fourth-order valence-corrected chi connectivity index (χ4v) is 2.80. The lowest BCUT2D eigenvalue weighted by Gasteiger charge is -2.38. The lowest BCUT2D eigenvalue weighted by Crippen LogP contribution is -2.63. The van der Waals surface area contributed by atoms with E-state index in [2.05, 4.69) is 4.98 Å². The third kappa shape index (κ3) is 1.73. The number of rotatable bonds is 3. The number of para-hydroxylation sites is 1. The SMILES string of the molecule is O=C(O)[C@](O)(c1c[nH]c2ccccc12)[C@]1(O)OC[C@H](O)[C@H]1O. The largest absolute Gasteiger partial charge is 0.479 e. The Morgan fingerprint density at radius 2 is 2.05 bits per heavy atom. The molecule has 1 aliphatic heterocycles. The highest BCUT2D eigenvalue weighted by Gasteiger charge is 2.67. The second kappa shape index (κ2) is 4.77.